The fourth-order valence-corrected chi connectivity index (χ4v) is 4.97. The second kappa shape index (κ2) is 7.03. The summed E-state index contributed by atoms with van der Waals surface area (Å²) in [6.07, 6.45) is 1.85. The molecule has 32 heavy (non-hydrogen) atoms. The van der Waals surface area contributed by atoms with Crippen molar-refractivity contribution in [2.75, 3.05) is 0 Å². The first-order valence-corrected chi connectivity index (χ1v) is 10.7. The van der Waals surface area contributed by atoms with Crippen molar-refractivity contribution < 1.29 is 4.39 Å². The van der Waals surface area contributed by atoms with Gasteiger partial charge in [0.1, 0.15) is 5.82 Å². The van der Waals surface area contributed by atoms with Gasteiger partial charge in [-0.1, -0.05) is 72.8 Å². The number of fused-ring (bicyclic) bond motifs is 6. The fourth-order valence-electron chi connectivity index (χ4n) is 4.97. The van der Waals surface area contributed by atoms with Gasteiger partial charge in [-0.3, -0.25) is 0 Å². The Morgan fingerprint density at radius 3 is 2.28 bits per heavy atom. The third kappa shape index (κ3) is 2.61. The molecule has 0 spiro atoms. The van der Waals surface area contributed by atoms with E-state index in [4.69, 9.17) is 4.98 Å². The van der Waals surface area contributed by atoms with Crippen molar-refractivity contribution in [2.45, 2.75) is 6.92 Å². The molecule has 0 radical (unpaired) electrons. The van der Waals surface area contributed by atoms with Crippen LogP contribution in [-0.2, 0) is 7.05 Å². The first kappa shape index (κ1) is 18.8. The van der Waals surface area contributed by atoms with Crippen LogP contribution in [0.15, 0.2) is 91.3 Å². The van der Waals surface area contributed by atoms with Gasteiger partial charge < -0.3 is 4.57 Å². The van der Waals surface area contributed by atoms with Crippen LogP contribution in [0.4, 0.5) is 4.39 Å². The van der Waals surface area contributed by atoms with Gasteiger partial charge >= 0.3 is 0 Å². The molecule has 0 saturated heterocycles. The molecule has 5 aromatic carbocycles. The Hall–Kier alpha value is -3.98. The maximum atomic E-state index is 15.5. The van der Waals surface area contributed by atoms with Crippen LogP contribution in [-0.4, -0.2) is 9.55 Å². The maximum Gasteiger partial charge on any atom is 0.131 e. The van der Waals surface area contributed by atoms with E-state index in [9.17, 15) is 0 Å². The molecule has 0 atom stereocenters. The minimum Gasteiger partial charge on any atom is -0.333 e. The molecule has 0 bridgehead atoms. The highest BCUT2D eigenvalue weighted by molar-refractivity contribution is 6.29. The average Bonchev–Trinajstić information content (AvgIpc) is 3.21. The molecule has 6 aromatic rings. The van der Waals surface area contributed by atoms with Gasteiger partial charge in [-0.15, -0.1) is 0 Å². The Balaban J connectivity index is 1.91. The van der Waals surface area contributed by atoms with Crippen LogP contribution in [0.1, 0.15) is 5.56 Å². The normalized spacial score (nSPS) is 11.6. The van der Waals surface area contributed by atoms with Crippen molar-refractivity contribution in [3.05, 3.63) is 103 Å². The molecular weight excluding hydrogens is 395 g/mol. The van der Waals surface area contributed by atoms with Crippen molar-refractivity contribution in [3.8, 4) is 22.3 Å². The van der Waals surface area contributed by atoms with E-state index >= 15 is 4.39 Å². The molecule has 0 aliphatic rings. The lowest BCUT2D eigenvalue weighted by Crippen LogP contribution is -1.95. The topological polar surface area (TPSA) is 17.8 Å². The quantitative estimate of drug-likeness (QED) is 0.265. The summed E-state index contributed by atoms with van der Waals surface area (Å²) in [4.78, 5) is 4.76. The number of benzene rings is 5. The van der Waals surface area contributed by atoms with Crippen LogP contribution in [0, 0.1) is 12.7 Å². The summed E-state index contributed by atoms with van der Waals surface area (Å²) in [6, 6.07) is 28.1. The maximum absolute atomic E-state index is 15.5. The number of rotatable bonds is 2. The number of halogens is 1. The highest BCUT2D eigenvalue weighted by Gasteiger charge is 2.21. The summed E-state index contributed by atoms with van der Waals surface area (Å²) in [5, 5.41) is 4.02. The first-order valence-electron chi connectivity index (χ1n) is 10.7. The van der Waals surface area contributed by atoms with Crippen LogP contribution >= 0.6 is 0 Å². The summed E-state index contributed by atoms with van der Waals surface area (Å²) in [6.45, 7) is 2.03. The molecule has 3 heteroatoms. The molecule has 0 N–H and O–H groups in total. The Bertz CT molecular complexity index is 1650. The Morgan fingerprint density at radius 2 is 1.47 bits per heavy atom. The van der Waals surface area contributed by atoms with E-state index in [0.717, 1.165) is 54.8 Å². The second-order valence-electron chi connectivity index (χ2n) is 8.31. The molecule has 0 saturated carbocycles. The number of hydrogen-bond donors (Lipinski definition) is 0. The van der Waals surface area contributed by atoms with Crippen molar-refractivity contribution in [2.24, 2.45) is 7.05 Å². The minimum atomic E-state index is -0.214. The van der Waals surface area contributed by atoms with Gasteiger partial charge in [-0.25, -0.2) is 9.37 Å². The van der Waals surface area contributed by atoms with Gasteiger partial charge in [0.15, 0.2) is 0 Å². The van der Waals surface area contributed by atoms with Gasteiger partial charge in [0.05, 0.1) is 17.4 Å². The van der Waals surface area contributed by atoms with Crippen LogP contribution < -0.4 is 0 Å². The Labute approximate surface area is 185 Å². The molecule has 0 fully saturated rings. The van der Waals surface area contributed by atoms with Crippen LogP contribution in [0.2, 0.25) is 0 Å². The monoisotopic (exact) mass is 416 g/mol. The molecule has 1 aromatic heterocycles. The van der Waals surface area contributed by atoms with E-state index < -0.39 is 0 Å². The third-order valence-corrected chi connectivity index (χ3v) is 6.42. The van der Waals surface area contributed by atoms with E-state index in [-0.39, 0.29) is 5.82 Å². The van der Waals surface area contributed by atoms with E-state index in [1.54, 1.807) is 6.07 Å². The Morgan fingerprint density at radius 1 is 0.719 bits per heavy atom. The van der Waals surface area contributed by atoms with Crippen molar-refractivity contribution in [3.63, 3.8) is 0 Å². The van der Waals surface area contributed by atoms with Gasteiger partial charge in [0.25, 0.3) is 0 Å². The highest BCUT2D eigenvalue weighted by atomic mass is 19.1. The van der Waals surface area contributed by atoms with Crippen LogP contribution in [0.3, 0.4) is 0 Å². The summed E-state index contributed by atoms with van der Waals surface area (Å²) in [5.74, 6) is -0.214. The SMILES string of the molecule is Cc1ccccc1-c1c(F)ccc2c3ncn(C)c3c3c(-c4ccccc4)cccc3c12. The number of nitrogens with zero attached hydrogens (tertiary/aromatic N) is 2. The van der Waals surface area contributed by atoms with Gasteiger partial charge in [-0.2, -0.15) is 0 Å². The lowest BCUT2D eigenvalue weighted by Gasteiger charge is -2.17. The molecule has 154 valence electrons. The summed E-state index contributed by atoms with van der Waals surface area (Å²) < 4.78 is 17.6. The lowest BCUT2D eigenvalue weighted by atomic mass is 9.88. The first-order chi connectivity index (χ1) is 15.6. The van der Waals surface area contributed by atoms with E-state index in [2.05, 4.69) is 34.9 Å². The fraction of sp³-hybridized carbons (Fsp3) is 0.0690. The molecule has 0 aliphatic carbocycles. The zero-order chi connectivity index (χ0) is 21.8. The number of imidazole rings is 1. The second-order valence-corrected chi connectivity index (χ2v) is 8.31. The predicted octanol–water partition coefficient (Wildman–Crippen LogP) is 7.66. The predicted molar refractivity (Wildman–Crippen MR) is 131 cm³/mol. The standard InChI is InChI=1S/C29H21FN2/c1-18-9-6-7-12-20(18)27-24(30)16-15-23-25(27)22-14-8-13-21(19-10-4-3-5-11-19)26(22)29-28(23)31-17-32(29)2/h3-17H,1-2H3. The Kier molecular flexibility index (Phi) is 4.12. The van der Waals surface area contributed by atoms with E-state index in [0.29, 0.717) is 5.56 Å². The highest BCUT2D eigenvalue weighted by Crippen LogP contribution is 2.44. The molecule has 1 heterocycles. The van der Waals surface area contributed by atoms with Gasteiger partial charge in [-0.05, 0) is 46.7 Å². The average molecular weight is 416 g/mol. The van der Waals surface area contributed by atoms with Crippen molar-refractivity contribution in [1.82, 2.24) is 9.55 Å². The van der Waals surface area contributed by atoms with E-state index in [1.165, 1.54) is 0 Å². The zero-order valence-corrected chi connectivity index (χ0v) is 17.9. The molecular formula is C29H21FN2. The van der Waals surface area contributed by atoms with E-state index in [1.807, 2.05) is 68.8 Å². The summed E-state index contributed by atoms with van der Waals surface area (Å²) in [7, 11) is 2.02. The van der Waals surface area contributed by atoms with Crippen LogP contribution in [0.5, 0.6) is 0 Å². The van der Waals surface area contributed by atoms with Gasteiger partial charge in [0.2, 0.25) is 0 Å². The summed E-state index contributed by atoms with van der Waals surface area (Å²) >= 11 is 0. The third-order valence-electron chi connectivity index (χ3n) is 6.42. The number of hydrogen-bond acceptors (Lipinski definition) is 1. The van der Waals surface area contributed by atoms with Gasteiger partial charge in [0, 0.05) is 28.8 Å². The molecule has 0 amide bonds. The molecule has 6 rings (SSSR count). The molecule has 2 nitrogen and oxygen atoms in total. The lowest BCUT2D eigenvalue weighted by molar-refractivity contribution is 0.633. The van der Waals surface area contributed by atoms with Crippen LogP contribution in [0.25, 0.3) is 54.8 Å². The van der Waals surface area contributed by atoms with Crippen molar-refractivity contribution in [1.29, 1.82) is 0 Å². The smallest absolute Gasteiger partial charge is 0.131 e. The minimum absolute atomic E-state index is 0.214. The zero-order valence-electron chi connectivity index (χ0n) is 17.9. The molecule has 0 unspecified atom stereocenters. The number of aromatic nitrogens is 2. The van der Waals surface area contributed by atoms with Crippen molar-refractivity contribution >= 4 is 32.6 Å². The summed E-state index contributed by atoms with van der Waals surface area (Å²) in [5.41, 5.74) is 6.82. The number of aryl methyl sites for hydroxylation is 2. The largest absolute Gasteiger partial charge is 0.333 e. The molecule has 0 aliphatic heterocycles.